The number of ether oxygens (including phenoxy) is 1. The van der Waals surface area contributed by atoms with Crippen LogP contribution < -0.4 is 10.9 Å². The Balaban J connectivity index is 1.80. The van der Waals surface area contributed by atoms with Gasteiger partial charge in [0.1, 0.15) is 6.04 Å². The summed E-state index contributed by atoms with van der Waals surface area (Å²) in [6.07, 6.45) is 6.05. The van der Waals surface area contributed by atoms with E-state index in [2.05, 4.69) is 17.2 Å². The van der Waals surface area contributed by atoms with Crippen LogP contribution in [0, 0.1) is 4.77 Å². The number of fused-ring (bicyclic) bond motifs is 1. The highest BCUT2D eigenvalue weighted by molar-refractivity contribution is 7.71. The summed E-state index contributed by atoms with van der Waals surface area (Å²) in [5, 5.41) is 3.40. The summed E-state index contributed by atoms with van der Waals surface area (Å²) >= 11 is 5.31. The number of nitrogens with one attached hydrogen (secondary N) is 2. The van der Waals surface area contributed by atoms with E-state index < -0.39 is 12.0 Å². The van der Waals surface area contributed by atoms with Gasteiger partial charge >= 0.3 is 5.97 Å². The number of hydrogen-bond acceptors (Lipinski definition) is 5. The maximum absolute atomic E-state index is 12.6. The smallest absolute Gasteiger partial charge is 0.328 e. The van der Waals surface area contributed by atoms with Gasteiger partial charge in [-0.15, -0.1) is 0 Å². The number of amides is 1. The number of unbranched alkanes of at least 4 members (excludes halogenated alkanes) is 4. The molecule has 1 amide bonds. The fraction of sp³-hybridized carbons (Fsp3) is 0.545. The molecule has 0 fully saturated rings. The third-order valence-electron chi connectivity index (χ3n) is 5.09. The maximum Gasteiger partial charge on any atom is 0.328 e. The first-order valence-corrected chi connectivity index (χ1v) is 11.0. The molecule has 8 heteroatoms. The molecule has 2 aromatic rings. The van der Waals surface area contributed by atoms with Crippen molar-refractivity contribution in [1.82, 2.24) is 14.9 Å². The molecule has 0 unspecified atom stereocenters. The van der Waals surface area contributed by atoms with Gasteiger partial charge in [-0.25, -0.2) is 4.79 Å². The number of esters is 1. The summed E-state index contributed by atoms with van der Waals surface area (Å²) in [7, 11) is 1.33. The predicted molar refractivity (Wildman–Crippen MR) is 120 cm³/mol. The van der Waals surface area contributed by atoms with Crippen molar-refractivity contribution >= 4 is 35.0 Å². The third-order valence-corrected chi connectivity index (χ3v) is 5.41. The van der Waals surface area contributed by atoms with E-state index in [1.54, 1.807) is 10.6 Å². The van der Waals surface area contributed by atoms with Crippen LogP contribution in [0.5, 0.6) is 0 Å². The average molecular weight is 434 g/mol. The van der Waals surface area contributed by atoms with E-state index in [4.69, 9.17) is 17.0 Å². The summed E-state index contributed by atoms with van der Waals surface area (Å²) in [5.41, 5.74) is 0.639. The lowest BCUT2D eigenvalue weighted by Gasteiger charge is -2.16. The number of hydrogen-bond donors (Lipinski definition) is 2. The van der Waals surface area contributed by atoms with E-state index in [0.717, 1.165) is 37.6 Å². The van der Waals surface area contributed by atoms with Gasteiger partial charge in [-0.3, -0.25) is 14.2 Å². The highest BCUT2D eigenvalue weighted by Gasteiger charge is 2.20. The minimum Gasteiger partial charge on any atom is -0.467 e. The van der Waals surface area contributed by atoms with Gasteiger partial charge < -0.3 is 15.0 Å². The first-order valence-electron chi connectivity index (χ1n) is 10.6. The van der Waals surface area contributed by atoms with Crippen LogP contribution in [0.25, 0.3) is 10.9 Å². The number of H-pyrrole nitrogens is 1. The molecule has 7 nitrogen and oxygen atoms in total. The average Bonchev–Trinajstić information content (AvgIpc) is 2.74. The number of aromatic amines is 1. The number of nitrogens with zero attached hydrogens (tertiary/aromatic N) is 1. The van der Waals surface area contributed by atoms with Gasteiger partial charge in [0.25, 0.3) is 5.56 Å². The molecule has 1 heterocycles. The molecule has 30 heavy (non-hydrogen) atoms. The van der Waals surface area contributed by atoms with Crippen molar-refractivity contribution in [3.05, 3.63) is 39.4 Å². The number of rotatable bonds is 12. The van der Waals surface area contributed by atoms with Crippen molar-refractivity contribution in [3.63, 3.8) is 0 Å². The van der Waals surface area contributed by atoms with Gasteiger partial charge in [0.05, 0.1) is 18.0 Å². The zero-order chi connectivity index (χ0) is 21.9. The molecule has 1 aromatic heterocycles. The monoisotopic (exact) mass is 433 g/mol. The highest BCUT2D eigenvalue weighted by atomic mass is 32.1. The molecule has 0 saturated carbocycles. The van der Waals surface area contributed by atoms with Crippen molar-refractivity contribution in [3.8, 4) is 0 Å². The van der Waals surface area contributed by atoms with Crippen LogP contribution in [0.2, 0.25) is 0 Å². The van der Waals surface area contributed by atoms with Crippen LogP contribution in [0.3, 0.4) is 0 Å². The second-order valence-corrected chi connectivity index (χ2v) is 7.77. The highest BCUT2D eigenvalue weighted by Crippen LogP contribution is 2.09. The Labute approximate surface area is 181 Å². The van der Waals surface area contributed by atoms with Gasteiger partial charge in [0.15, 0.2) is 4.77 Å². The van der Waals surface area contributed by atoms with Gasteiger partial charge in [-0.05, 0) is 43.6 Å². The zero-order valence-electron chi connectivity index (χ0n) is 17.7. The molecule has 2 N–H and O–H groups in total. The van der Waals surface area contributed by atoms with Crippen LogP contribution in [0.1, 0.15) is 58.3 Å². The van der Waals surface area contributed by atoms with E-state index in [1.165, 1.54) is 7.11 Å². The van der Waals surface area contributed by atoms with Crippen molar-refractivity contribution in [1.29, 1.82) is 0 Å². The van der Waals surface area contributed by atoms with Gasteiger partial charge in [0.2, 0.25) is 5.91 Å². The normalized spacial score (nSPS) is 11.9. The van der Waals surface area contributed by atoms with Crippen LogP contribution in [0.15, 0.2) is 29.1 Å². The molecule has 0 aliphatic carbocycles. The number of methoxy groups -OCH3 is 1. The molecular weight excluding hydrogens is 402 g/mol. The van der Waals surface area contributed by atoms with E-state index in [1.807, 2.05) is 18.2 Å². The molecule has 0 saturated heterocycles. The fourth-order valence-electron chi connectivity index (χ4n) is 3.39. The second kappa shape index (κ2) is 12.3. The Hall–Kier alpha value is -2.48. The Kier molecular flexibility index (Phi) is 9.73. The van der Waals surface area contributed by atoms with Gasteiger partial charge in [0, 0.05) is 13.0 Å². The molecule has 0 bridgehead atoms. The van der Waals surface area contributed by atoms with Crippen LogP contribution >= 0.6 is 12.2 Å². The second-order valence-electron chi connectivity index (χ2n) is 7.38. The molecule has 1 atom stereocenters. The maximum atomic E-state index is 12.6. The number of aromatic nitrogens is 2. The summed E-state index contributed by atoms with van der Waals surface area (Å²) in [4.78, 5) is 39.7. The lowest BCUT2D eigenvalue weighted by molar-refractivity contribution is -0.145. The molecule has 0 spiro atoms. The largest absolute Gasteiger partial charge is 0.467 e. The lowest BCUT2D eigenvalue weighted by Crippen LogP contribution is -2.41. The van der Waals surface area contributed by atoms with Crippen molar-refractivity contribution < 1.29 is 14.3 Å². The summed E-state index contributed by atoms with van der Waals surface area (Å²) in [6.45, 7) is 2.59. The summed E-state index contributed by atoms with van der Waals surface area (Å²) in [6, 6.07) is 6.72. The van der Waals surface area contributed by atoms with Gasteiger partial charge in [-0.2, -0.15) is 0 Å². The van der Waals surface area contributed by atoms with E-state index in [0.29, 0.717) is 36.0 Å². The van der Waals surface area contributed by atoms with Gasteiger partial charge in [-0.1, -0.05) is 44.7 Å². The number of benzene rings is 1. The minimum absolute atomic E-state index is 0.0971. The van der Waals surface area contributed by atoms with Crippen molar-refractivity contribution in [2.75, 3.05) is 7.11 Å². The molecule has 1 aromatic carbocycles. The van der Waals surface area contributed by atoms with Crippen LogP contribution in [0.4, 0.5) is 0 Å². The SMILES string of the molecule is CCCCC[C@@H](NC(=O)CCCCCn1c(=S)[nH]c2ccccc2c1=O)C(=O)OC. The standard InChI is InChI=1S/C22H31N3O4S/c1-3-4-6-13-18(21(28)29-2)23-19(26)14-7-5-10-15-25-20(27)16-11-8-9-12-17(16)24-22(25)30/h8-9,11-12,18H,3-7,10,13-15H2,1-2H3,(H,23,26)(H,24,30)/t18-/m1/s1. The minimum atomic E-state index is -0.580. The number of carbonyl (C=O) groups is 2. The van der Waals surface area contributed by atoms with Crippen LogP contribution in [-0.2, 0) is 20.9 Å². The van der Waals surface area contributed by atoms with E-state index in [9.17, 15) is 14.4 Å². The molecule has 0 aliphatic heterocycles. The predicted octanol–water partition coefficient (Wildman–Crippen LogP) is 3.86. The lowest BCUT2D eigenvalue weighted by atomic mass is 10.1. The summed E-state index contributed by atoms with van der Waals surface area (Å²) < 4.78 is 6.77. The van der Waals surface area contributed by atoms with E-state index in [-0.39, 0.29) is 11.5 Å². The zero-order valence-corrected chi connectivity index (χ0v) is 18.6. The number of para-hydroxylation sites is 1. The van der Waals surface area contributed by atoms with Crippen LogP contribution in [-0.4, -0.2) is 34.6 Å². The Morgan fingerprint density at radius 3 is 2.67 bits per heavy atom. The van der Waals surface area contributed by atoms with E-state index >= 15 is 0 Å². The first-order chi connectivity index (χ1) is 14.5. The number of carbonyl (C=O) groups excluding carboxylic acids is 2. The Bertz CT molecular complexity index is 967. The first kappa shape index (κ1) is 23.8. The molecular formula is C22H31N3O4S. The Morgan fingerprint density at radius 1 is 1.17 bits per heavy atom. The summed E-state index contributed by atoms with van der Waals surface area (Å²) in [5.74, 6) is -0.550. The third kappa shape index (κ3) is 6.79. The molecule has 0 radical (unpaired) electrons. The molecule has 0 aliphatic rings. The molecule has 2 rings (SSSR count). The Morgan fingerprint density at radius 2 is 1.93 bits per heavy atom. The fourth-order valence-corrected chi connectivity index (χ4v) is 3.67. The van der Waals surface area contributed by atoms with Crippen molar-refractivity contribution in [2.45, 2.75) is 70.9 Å². The topological polar surface area (TPSA) is 93.2 Å². The quantitative estimate of drug-likeness (QED) is 0.301. The van der Waals surface area contributed by atoms with Crippen molar-refractivity contribution in [2.24, 2.45) is 0 Å². The molecule has 164 valence electrons.